The molecule has 1 aliphatic rings. The topological polar surface area (TPSA) is 45.2 Å². The van der Waals surface area contributed by atoms with Crippen molar-refractivity contribution in [2.75, 3.05) is 16.8 Å². The van der Waals surface area contributed by atoms with Gasteiger partial charge >= 0.3 is 0 Å². The van der Waals surface area contributed by atoms with E-state index < -0.39 is 0 Å². The Morgan fingerprint density at radius 2 is 2.00 bits per heavy atom. The zero-order chi connectivity index (χ0) is 16.9. The third kappa shape index (κ3) is 3.42. The third-order valence-corrected chi connectivity index (χ3v) is 4.76. The number of fused-ring (bicyclic) bond motifs is 1. The summed E-state index contributed by atoms with van der Waals surface area (Å²) in [6.07, 6.45) is 5.73. The van der Waals surface area contributed by atoms with E-state index in [2.05, 4.69) is 39.5 Å². The van der Waals surface area contributed by atoms with Crippen molar-refractivity contribution in [1.82, 2.24) is 4.98 Å². The van der Waals surface area contributed by atoms with E-state index in [1.165, 1.54) is 11.3 Å². The number of hydrogen-bond donors (Lipinski definition) is 1. The van der Waals surface area contributed by atoms with Crippen molar-refractivity contribution in [1.29, 1.82) is 0 Å². The molecule has 2 heterocycles. The SMILES string of the molecule is CCC(CC)C(=O)Nc1ccc(N2CCCc3ccccc32)nc1. The highest BCUT2D eigenvalue weighted by Crippen LogP contribution is 2.32. The molecule has 1 aliphatic heterocycles. The number of benzene rings is 1. The van der Waals surface area contributed by atoms with E-state index in [1.807, 2.05) is 26.0 Å². The van der Waals surface area contributed by atoms with Crippen molar-refractivity contribution in [3.8, 4) is 0 Å². The number of para-hydroxylation sites is 1. The van der Waals surface area contributed by atoms with E-state index >= 15 is 0 Å². The molecule has 1 N–H and O–H groups in total. The minimum Gasteiger partial charge on any atom is -0.326 e. The molecular formula is C20H25N3O. The molecule has 0 fully saturated rings. The average molecular weight is 323 g/mol. The molecule has 0 saturated heterocycles. The molecule has 3 rings (SSSR count). The van der Waals surface area contributed by atoms with Gasteiger partial charge in [-0.05, 0) is 49.4 Å². The van der Waals surface area contributed by atoms with Gasteiger partial charge in [-0.1, -0.05) is 32.0 Å². The standard InChI is InChI=1S/C20H25N3O/c1-3-15(4-2)20(24)22-17-11-12-19(21-14-17)23-13-7-9-16-8-5-6-10-18(16)23/h5-6,8,10-12,14-15H,3-4,7,9,13H2,1-2H3,(H,22,24). The number of aryl methyl sites for hydroxylation is 1. The molecule has 24 heavy (non-hydrogen) atoms. The first-order chi connectivity index (χ1) is 11.7. The molecule has 1 aromatic heterocycles. The second-order valence-corrected chi connectivity index (χ2v) is 6.29. The maximum atomic E-state index is 12.2. The zero-order valence-corrected chi connectivity index (χ0v) is 14.5. The van der Waals surface area contributed by atoms with Crippen LogP contribution in [0.2, 0.25) is 0 Å². The summed E-state index contributed by atoms with van der Waals surface area (Å²) in [5.41, 5.74) is 3.38. The average Bonchev–Trinajstić information content (AvgIpc) is 2.63. The smallest absolute Gasteiger partial charge is 0.227 e. The molecule has 0 aliphatic carbocycles. The number of hydrogen-bond acceptors (Lipinski definition) is 3. The van der Waals surface area contributed by atoms with Crippen LogP contribution in [0.15, 0.2) is 42.6 Å². The van der Waals surface area contributed by atoms with Gasteiger partial charge in [0.1, 0.15) is 5.82 Å². The lowest BCUT2D eigenvalue weighted by Gasteiger charge is -2.30. The molecule has 0 saturated carbocycles. The fourth-order valence-electron chi connectivity index (χ4n) is 3.30. The van der Waals surface area contributed by atoms with Gasteiger partial charge in [0.25, 0.3) is 0 Å². The van der Waals surface area contributed by atoms with Crippen LogP contribution in [0.1, 0.15) is 38.7 Å². The summed E-state index contributed by atoms with van der Waals surface area (Å²) >= 11 is 0. The predicted molar refractivity (Wildman–Crippen MR) is 98.7 cm³/mol. The number of amides is 1. The summed E-state index contributed by atoms with van der Waals surface area (Å²) in [5, 5.41) is 2.97. The molecule has 1 aromatic carbocycles. The van der Waals surface area contributed by atoms with Crippen LogP contribution in [0.25, 0.3) is 0 Å². The summed E-state index contributed by atoms with van der Waals surface area (Å²) in [6.45, 7) is 5.06. The van der Waals surface area contributed by atoms with Crippen LogP contribution in [0.5, 0.6) is 0 Å². The Bertz CT molecular complexity index is 692. The van der Waals surface area contributed by atoms with Crippen LogP contribution in [0.3, 0.4) is 0 Å². The van der Waals surface area contributed by atoms with Crippen LogP contribution in [-0.4, -0.2) is 17.4 Å². The normalized spacial score (nSPS) is 13.7. The highest BCUT2D eigenvalue weighted by molar-refractivity contribution is 5.92. The summed E-state index contributed by atoms with van der Waals surface area (Å²) in [4.78, 5) is 19.0. The van der Waals surface area contributed by atoms with Gasteiger partial charge in [0.15, 0.2) is 0 Å². The first-order valence-corrected chi connectivity index (χ1v) is 8.85. The number of carbonyl (C=O) groups excluding carboxylic acids is 1. The fraction of sp³-hybridized carbons (Fsp3) is 0.400. The van der Waals surface area contributed by atoms with Crippen LogP contribution < -0.4 is 10.2 Å². The number of aromatic nitrogens is 1. The quantitative estimate of drug-likeness (QED) is 0.878. The van der Waals surface area contributed by atoms with Crippen LogP contribution in [0.4, 0.5) is 17.2 Å². The number of anilines is 3. The van der Waals surface area contributed by atoms with Crippen molar-refractivity contribution >= 4 is 23.1 Å². The number of carbonyl (C=O) groups is 1. The highest BCUT2D eigenvalue weighted by Gasteiger charge is 2.19. The molecule has 0 atom stereocenters. The number of rotatable bonds is 5. The molecule has 4 heteroatoms. The van der Waals surface area contributed by atoms with Crippen molar-refractivity contribution in [3.63, 3.8) is 0 Å². The van der Waals surface area contributed by atoms with Gasteiger partial charge in [-0.3, -0.25) is 4.79 Å². The molecule has 1 amide bonds. The van der Waals surface area contributed by atoms with E-state index in [1.54, 1.807) is 6.20 Å². The molecule has 4 nitrogen and oxygen atoms in total. The van der Waals surface area contributed by atoms with Crippen molar-refractivity contribution in [3.05, 3.63) is 48.2 Å². The summed E-state index contributed by atoms with van der Waals surface area (Å²) in [6, 6.07) is 12.4. The third-order valence-electron chi connectivity index (χ3n) is 4.76. The van der Waals surface area contributed by atoms with E-state index in [9.17, 15) is 4.79 Å². The van der Waals surface area contributed by atoms with E-state index in [4.69, 9.17) is 0 Å². The second-order valence-electron chi connectivity index (χ2n) is 6.29. The lowest BCUT2D eigenvalue weighted by Crippen LogP contribution is -2.25. The van der Waals surface area contributed by atoms with E-state index in [0.29, 0.717) is 0 Å². The second kappa shape index (κ2) is 7.47. The van der Waals surface area contributed by atoms with E-state index in [0.717, 1.165) is 43.7 Å². The Hall–Kier alpha value is -2.36. The van der Waals surface area contributed by atoms with Crippen LogP contribution in [-0.2, 0) is 11.2 Å². The van der Waals surface area contributed by atoms with Gasteiger partial charge in [0.05, 0.1) is 11.9 Å². The molecule has 0 radical (unpaired) electrons. The molecule has 126 valence electrons. The lowest BCUT2D eigenvalue weighted by atomic mass is 10.0. The molecule has 0 bridgehead atoms. The Labute approximate surface area is 143 Å². The molecular weight excluding hydrogens is 298 g/mol. The van der Waals surface area contributed by atoms with Gasteiger partial charge in [0.2, 0.25) is 5.91 Å². The number of pyridine rings is 1. The van der Waals surface area contributed by atoms with Crippen LogP contribution in [0, 0.1) is 5.92 Å². The fourth-order valence-corrected chi connectivity index (χ4v) is 3.30. The summed E-state index contributed by atoms with van der Waals surface area (Å²) in [5.74, 6) is 1.08. The van der Waals surface area contributed by atoms with Gasteiger partial charge < -0.3 is 10.2 Å². The van der Waals surface area contributed by atoms with Crippen molar-refractivity contribution in [2.24, 2.45) is 5.92 Å². The Morgan fingerprint density at radius 3 is 2.71 bits per heavy atom. The van der Waals surface area contributed by atoms with Gasteiger partial charge in [-0.15, -0.1) is 0 Å². The van der Waals surface area contributed by atoms with E-state index in [-0.39, 0.29) is 11.8 Å². The van der Waals surface area contributed by atoms with Gasteiger partial charge in [-0.2, -0.15) is 0 Å². The molecule has 0 unspecified atom stereocenters. The Morgan fingerprint density at radius 1 is 1.21 bits per heavy atom. The largest absolute Gasteiger partial charge is 0.326 e. The molecule has 2 aromatic rings. The Kier molecular flexibility index (Phi) is 5.14. The van der Waals surface area contributed by atoms with Gasteiger partial charge in [-0.25, -0.2) is 4.98 Å². The number of nitrogens with one attached hydrogen (secondary N) is 1. The maximum absolute atomic E-state index is 12.2. The summed E-state index contributed by atoms with van der Waals surface area (Å²) < 4.78 is 0. The highest BCUT2D eigenvalue weighted by atomic mass is 16.1. The summed E-state index contributed by atoms with van der Waals surface area (Å²) in [7, 11) is 0. The van der Waals surface area contributed by atoms with Crippen molar-refractivity contribution < 1.29 is 4.79 Å². The van der Waals surface area contributed by atoms with Gasteiger partial charge in [0, 0.05) is 18.2 Å². The predicted octanol–water partition coefficient (Wildman–Crippen LogP) is 4.54. The van der Waals surface area contributed by atoms with Crippen molar-refractivity contribution in [2.45, 2.75) is 39.5 Å². The lowest BCUT2D eigenvalue weighted by molar-refractivity contribution is -0.120. The first kappa shape index (κ1) is 16.5. The maximum Gasteiger partial charge on any atom is 0.227 e. The zero-order valence-electron chi connectivity index (χ0n) is 14.5. The Balaban J connectivity index is 1.75. The number of nitrogens with zero attached hydrogens (tertiary/aromatic N) is 2. The minimum absolute atomic E-state index is 0.0682. The molecule has 0 spiro atoms. The monoisotopic (exact) mass is 323 g/mol. The minimum atomic E-state index is 0.0682. The first-order valence-electron chi connectivity index (χ1n) is 8.85. The van der Waals surface area contributed by atoms with Crippen LogP contribution >= 0.6 is 0 Å².